The van der Waals surface area contributed by atoms with Gasteiger partial charge in [-0.2, -0.15) is 13.2 Å². The maximum absolute atomic E-state index is 14.7. The highest BCUT2D eigenvalue weighted by atomic mass is 19.4. The van der Waals surface area contributed by atoms with E-state index in [1.165, 1.54) is 18.3 Å². The molecule has 0 spiro atoms. The van der Waals surface area contributed by atoms with Gasteiger partial charge in [0.15, 0.2) is 12.4 Å². The predicted molar refractivity (Wildman–Crippen MR) is 128 cm³/mol. The van der Waals surface area contributed by atoms with E-state index in [0.717, 1.165) is 38.0 Å². The fourth-order valence-electron chi connectivity index (χ4n) is 4.89. The van der Waals surface area contributed by atoms with Gasteiger partial charge in [-0.3, -0.25) is 9.79 Å². The molecule has 0 amide bonds. The van der Waals surface area contributed by atoms with Crippen LogP contribution in [0.5, 0.6) is 5.88 Å². The smallest absolute Gasteiger partial charge is 0.422 e. The van der Waals surface area contributed by atoms with Crippen LogP contribution in [-0.2, 0) is 16.0 Å². The molecular formula is C27H30F4N2O3. The first kappa shape index (κ1) is 26.3. The predicted octanol–water partition coefficient (Wildman–Crippen LogP) is 5.77. The van der Waals surface area contributed by atoms with Gasteiger partial charge >= 0.3 is 6.18 Å². The zero-order chi connectivity index (χ0) is 25.7. The molecule has 194 valence electrons. The normalized spacial score (nSPS) is 26.0. The van der Waals surface area contributed by atoms with Crippen molar-refractivity contribution in [1.82, 2.24) is 4.98 Å². The third kappa shape index (κ3) is 6.90. The number of aliphatic imine (C=N–C) groups is 1. The van der Waals surface area contributed by atoms with Crippen molar-refractivity contribution < 1.29 is 31.8 Å². The number of fused-ring (bicyclic) bond motifs is 1. The summed E-state index contributed by atoms with van der Waals surface area (Å²) in [5.41, 5.74) is 1.79. The second kappa shape index (κ2) is 11.5. The van der Waals surface area contributed by atoms with Crippen molar-refractivity contribution in [2.45, 2.75) is 51.2 Å². The number of alkyl halides is 3. The van der Waals surface area contributed by atoms with Gasteiger partial charge in [-0.1, -0.05) is 30.7 Å². The Morgan fingerprint density at radius 2 is 2.11 bits per heavy atom. The van der Waals surface area contributed by atoms with Crippen molar-refractivity contribution in [2.75, 3.05) is 19.8 Å². The van der Waals surface area contributed by atoms with Crippen LogP contribution >= 0.6 is 0 Å². The summed E-state index contributed by atoms with van der Waals surface area (Å²) in [6, 6.07) is 2.21. The molecule has 0 aromatic carbocycles. The second-order valence-electron chi connectivity index (χ2n) is 9.64. The highest BCUT2D eigenvalue weighted by Gasteiger charge is 2.33. The van der Waals surface area contributed by atoms with E-state index in [0.29, 0.717) is 30.2 Å². The van der Waals surface area contributed by atoms with Crippen LogP contribution in [0.2, 0.25) is 0 Å². The van der Waals surface area contributed by atoms with E-state index in [-0.39, 0.29) is 23.3 Å². The molecule has 0 saturated carbocycles. The van der Waals surface area contributed by atoms with Crippen LogP contribution in [0.4, 0.5) is 17.6 Å². The van der Waals surface area contributed by atoms with E-state index in [1.54, 1.807) is 18.2 Å². The first-order valence-corrected chi connectivity index (χ1v) is 12.3. The molecule has 1 aromatic rings. The first-order chi connectivity index (χ1) is 17.2. The number of carbonyl (C=O) groups excluding carboxylic acids is 1. The SMILES string of the molecule is CC1COCCC1CCCC(=O)C1=NC2C(F)=CC=CC2C(Cc2ccc(OCC(F)(F)F)nc2)=C1. The highest BCUT2D eigenvalue weighted by molar-refractivity contribution is 6.44. The number of Topliss-reactive ketones (excluding diaryl/α,β-unsaturated/α-hetero) is 1. The number of dihydropyridines is 1. The maximum Gasteiger partial charge on any atom is 0.422 e. The maximum atomic E-state index is 14.7. The van der Waals surface area contributed by atoms with Crippen molar-refractivity contribution in [2.24, 2.45) is 22.7 Å². The number of carbonyl (C=O) groups is 1. The Bertz CT molecular complexity index is 1060. The molecule has 36 heavy (non-hydrogen) atoms. The van der Waals surface area contributed by atoms with Gasteiger partial charge in [0.05, 0.1) is 0 Å². The fourth-order valence-corrected chi connectivity index (χ4v) is 4.89. The Balaban J connectivity index is 1.43. The van der Waals surface area contributed by atoms with Gasteiger partial charge in [0.25, 0.3) is 0 Å². The van der Waals surface area contributed by atoms with Gasteiger partial charge in [0.1, 0.15) is 17.6 Å². The van der Waals surface area contributed by atoms with Crippen LogP contribution < -0.4 is 4.74 Å². The van der Waals surface area contributed by atoms with Crippen molar-refractivity contribution in [3.05, 3.63) is 59.6 Å². The van der Waals surface area contributed by atoms with Gasteiger partial charge in [-0.05, 0) is 55.2 Å². The van der Waals surface area contributed by atoms with E-state index >= 15 is 0 Å². The van der Waals surface area contributed by atoms with E-state index in [2.05, 4.69) is 21.6 Å². The Hall–Kier alpha value is -2.81. The summed E-state index contributed by atoms with van der Waals surface area (Å²) in [6.45, 7) is 2.26. The van der Waals surface area contributed by atoms with Gasteiger partial charge in [-0.15, -0.1) is 0 Å². The zero-order valence-electron chi connectivity index (χ0n) is 20.1. The molecule has 3 heterocycles. The Labute approximate surface area is 208 Å². The summed E-state index contributed by atoms with van der Waals surface area (Å²) >= 11 is 0. The number of ether oxygens (including phenoxy) is 2. The monoisotopic (exact) mass is 506 g/mol. The number of halogens is 4. The van der Waals surface area contributed by atoms with Gasteiger partial charge in [0, 0.05) is 37.8 Å². The lowest BCUT2D eigenvalue weighted by Crippen LogP contribution is -2.31. The average molecular weight is 507 g/mol. The standard InChI is InChI=1S/C27H30F4N2O3/c1-17-15-35-11-10-19(17)4-2-7-24(34)23-13-20(21-5-3-6-22(28)26(21)33-23)12-18-8-9-25(32-14-18)36-16-27(29,30)31/h3,5-6,8-9,13-14,17,19,21,26H,2,4,7,10-12,15-16H2,1H3. The minimum Gasteiger partial charge on any atom is -0.468 e. The molecule has 1 fully saturated rings. The van der Waals surface area contributed by atoms with E-state index in [4.69, 9.17) is 4.74 Å². The van der Waals surface area contributed by atoms with Crippen LogP contribution in [0.3, 0.4) is 0 Å². The summed E-state index contributed by atoms with van der Waals surface area (Å²) in [5, 5.41) is 0. The van der Waals surface area contributed by atoms with Gasteiger partial charge in [0.2, 0.25) is 5.88 Å². The van der Waals surface area contributed by atoms with Crippen molar-refractivity contribution in [3.63, 3.8) is 0 Å². The lowest BCUT2D eigenvalue weighted by molar-refractivity contribution is -0.154. The van der Waals surface area contributed by atoms with Crippen molar-refractivity contribution in [3.8, 4) is 5.88 Å². The van der Waals surface area contributed by atoms with Crippen molar-refractivity contribution >= 4 is 11.5 Å². The first-order valence-electron chi connectivity index (χ1n) is 12.3. The molecule has 1 saturated heterocycles. The van der Waals surface area contributed by atoms with E-state index in [1.807, 2.05) is 6.08 Å². The number of allylic oxidation sites excluding steroid dienone is 3. The topological polar surface area (TPSA) is 60.8 Å². The minimum atomic E-state index is -4.45. The number of rotatable bonds is 9. The van der Waals surface area contributed by atoms with Gasteiger partial charge < -0.3 is 9.47 Å². The average Bonchev–Trinajstić information content (AvgIpc) is 2.84. The summed E-state index contributed by atoms with van der Waals surface area (Å²) in [5.74, 6) is 0.0331. The lowest BCUT2D eigenvalue weighted by atomic mass is 9.81. The molecule has 4 unspecified atom stereocenters. The molecule has 0 N–H and O–H groups in total. The molecule has 4 atom stereocenters. The van der Waals surface area contributed by atoms with Gasteiger partial charge in [-0.25, -0.2) is 9.37 Å². The highest BCUT2D eigenvalue weighted by Crippen LogP contribution is 2.35. The molecule has 0 radical (unpaired) electrons. The molecule has 0 bridgehead atoms. The van der Waals surface area contributed by atoms with Crippen LogP contribution in [0.25, 0.3) is 0 Å². The number of nitrogens with zero attached hydrogens (tertiary/aromatic N) is 2. The summed E-state index contributed by atoms with van der Waals surface area (Å²) in [7, 11) is 0. The van der Waals surface area contributed by atoms with Crippen molar-refractivity contribution in [1.29, 1.82) is 0 Å². The molecule has 4 rings (SSSR count). The number of hydrogen-bond donors (Lipinski definition) is 0. The summed E-state index contributed by atoms with van der Waals surface area (Å²) in [4.78, 5) is 21.4. The molecule has 3 aliphatic rings. The molecule has 9 heteroatoms. The fraction of sp³-hybridized carbons (Fsp3) is 0.519. The number of ketones is 1. The minimum absolute atomic E-state index is 0.109. The van der Waals surface area contributed by atoms with Crippen LogP contribution in [0.1, 0.15) is 38.2 Å². The molecule has 5 nitrogen and oxygen atoms in total. The quantitative estimate of drug-likeness (QED) is 0.399. The van der Waals surface area contributed by atoms with Crippen LogP contribution in [0, 0.1) is 17.8 Å². The molecule has 1 aromatic heterocycles. The molecule has 2 aliphatic heterocycles. The Kier molecular flexibility index (Phi) is 8.39. The second-order valence-corrected chi connectivity index (χ2v) is 9.64. The Morgan fingerprint density at radius 1 is 1.28 bits per heavy atom. The largest absolute Gasteiger partial charge is 0.468 e. The van der Waals surface area contributed by atoms with Crippen LogP contribution in [0.15, 0.2) is 59.0 Å². The number of hydrogen-bond acceptors (Lipinski definition) is 5. The van der Waals surface area contributed by atoms with Crippen LogP contribution in [-0.4, -0.2) is 48.5 Å². The molecular weight excluding hydrogens is 476 g/mol. The lowest BCUT2D eigenvalue weighted by Gasteiger charge is -2.30. The third-order valence-electron chi connectivity index (χ3n) is 6.90. The summed E-state index contributed by atoms with van der Waals surface area (Å²) in [6.07, 6.45) is 6.95. The zero-order valence-corrected chi connectivity index (χ0v) is 20.1. The third-order valence-corrected chi connectivity index (χ3v) is 6.90. The van der Waals surface area contributed by atoms with E-state index in [9.17, 15) is 22.4 Å². The Morgan fingerprint density at radius 3 is 2.83 bits per heavy atom. The number of pyridine rings is 1. The summed E-state index contributed by atoms with van der Waals surface area (Å²) < 4.78 is 61.9. The van der Waals surface area contributed by atoms with E-state index < -0.39 is 24.7 Å². The number of aromatic nitrogens is 1. The molecule has 1 aliphatic carbocycles.